The first-order valence-corrected chi connectivity index (χ1v) is 6.22. The minimum Gasteiger partial charge on any atom is -0.497 e. The second kappa shape index (κ2) is 6.85. The van der Waals surface area contributed by atoms with Gasteiger partial charge in [0, 0.05) is 43.0 Å². The maximum absolute atomic E-state index is 13.7. The summed E-state index contributed by atoms with van der Waals surface area (Å²) in [6.45, 7) is 1.27. The lowest BCUT2D eigenvalue weighted by Crippen LogP contribution is -2.17. The van der Waals surface area contributed by atoms with Crippen molar-refractivity contribution in [2.24, 2.45) is 0 Å². The predicted molar refractivity (Wildman–Crippen MR) is 72.6 cm³/mol. The molecule has 0 aliphatic carbocycles. The van der Waals surface area contributed by atoms with Gasteiger partial charge in [-0.25, -0.2) is 4.39 Å². The van der Waals surface area contributed by atoms with E-state index < -0.39 is 0 Å². The van der Waals surface area contributed by atoms with Crippen LogP contribution in [0.15, 0.2) is 42.6 Å². The van der Waals surface area contributed by atoms with Gasteiger partial charge in [0.25, 0.3) is 0 Å². The number of hydrogen-bond acceptors (Lipinski definition) is 3. The van der Waals surface area contributed by atoms with Crippen LogP contribution < -0.4 is 10.1 Å². The van der Waals surface area contributed by atoms with Gasteiger partial charge in [-0.05, 0) is 18.2 Å². The van der Waals surface area contributed by atoms with Crippen molar-refractivity contribution in [1.82, 2.24) is 10.3 Å². The number of benzene rings is 1. The Labute approximate surface area is 112 Å². The van der Waals surface area contributed by atoms with Crippen LogP contribution in [0.25, 0.3) is 0 Å². The van der Waals surface area contributed by atoms with E-state index in [0.717, 1.165) is 18.7 Å². The van der Waals surface area contributed by atoms with E-state index in [1.165, 1.54) is 13.2 Å². The van der Waals surface area contributed by atoms with Crippen molar-refractivity contribution >= 4 is 0 Å². The summed E-state index contributed by atoms with van der Waals surface area (Å²) < 4.78 is 18.6. The summed E-state index contributed by atoms with van der Waals surface area (Å²) in [6, 6.07) is 10.7. The first-order valence-electron chi connectivity index (χ1n) is 6.22. The van der Waals surface area contributed by atoms with Crippen molar-refractivity contribution in [3.05, 3.63) is 59.7 Å². The second-order valence-corrected chi connectivity index (χ2v) is 4.21. The van der Waals surface area contributed by atoms with Gasteiger partial charge in [0.05, 0.1) is 7.11 Å². The summed E-state index contributed by atoms with van der Waals surface area (Å²) in [7, 11) is 1.53. The molecule has 0 saturated carbocycles. The van der Waals surface area contributed by atoms with Crippen LogP contribution in [0.1, 0.15) is 11.3 Å². The van der Waals surface area contributed by atoms with Crippen LogP contribution in [0.3, 0.4) is 0 Å². The van der Waals surface area contributed by atoms with Crippen LogP contribution >= 0.6 is 0 Å². The molecule has 0 unspecified atom stereocenters. The highest BCUT2D eigenvalue weighted by Crippen LogP contribution is 2.15. The summed E-state index contributed by atoms with van der Waals surface area (Å²) in [5, 5.41) is 3.21. The largest absolute Gasteiger partial charge is 0.497 e. The molecule has 3 nitrogen and oxygen atoms in total. The van der Waals surface area contributed by atoms with E-state index in [1.807, 2.05) is 18.2 Å². The number of nitrogens with one attached hydrogen (secondary N) is 1. The van der Waals surface area contributed by atoms with Gasteiger partial charge in [-0.3, -0.25) is 4.98 Å². The predicted octanol–water partition coefficient (Wildman–Crippen LogP) is 2.56. The number of aromatic nitrogens is 1. The van der Waals surface area contributed by atoms with Crippen LogP contribution in [-0.4, -0.2) is 18.6 Å². The Morgan fingerprint density at radius 2 is 2.16 bits per heavy atom. The Morgan fingerprint density at radius 3 is 2.84 bits per heavy atom. The second-order valence-electron chi connectivity index (χ2n) is 4.21. The molecule has 2 rings (SSSR count). The molecular weight excluding hydrogens is 243 g/mol. The zero-order valence-electron chi connectivity index (χ0n) is 10.9. The van der Waals surface area contributed by atoms with Gasteiger partial charge in [-0.15, -0.1) is 0 Å². The third-order valence-electron chi connectivity index (χ3n) is 2.86. The van der Waals surface area contributed by atoms with E-state index in [9.17, 15) is 4.39 Å². The topological polar surface area (TPSA) is 34.1 Å². The fourth-order valence-corrected chi connectivity index (χ4v) is 1.78. The Kier molecular flexibility index (Phi) is 4.86. The molecule has 2 aromatic rings. The molecule has 0 bridgehead atoms. The quantitative estimate of drug-likeness (QED) is 0.811. The Bertz CT molecular complexity index is 517. The molecule has 0 radical (unpaired) electrons. The molecule has 1 aromatic heterocycles. The summed E-state index contributed by atoms with van der Waals surface area (Å²) in [5.41, 5.74) is 1.67. The molecule has 1 heterocycles. The molecule has 100 valence electrons. The Hall–Kier alpha value is -1.94. The first kappa shape index (κ1) is 13.5. The minimum absolute atomic E-state index is 0.246. The average Bonchev–Trinajstić information content (AvgIpc) is 2.46. The Balaban J connectivity index is 1.80. The van der Waals surface area contributed by atoms with E-state index in [2.05, 4.69) is 10.3 Å². The number of rotatable bonds is 6. The zero-order chi connectivity index (χ0) is 13.5. The molecule has 0 saturated heterocycles. The molecular formula is C15H17FN2O. The van der Waals surface area contributed by atoms with Crippen LogP contribution in [0, 0.1) is 5.82 Å². The van der Waals surface area contributed by atoms with E-state index in [4.69, 9.17) is 4.74 Å². The number of hydrogen-bond donors (Lipinski definition) is 1. The lowest BCUT2D eigenvalue weighted by Gasteiger charge is -2.07. The average molecular weight is 260 g/mol. The van der Waals surface area contributed by atoms with E-state index in [0.29, 0.717) is 17.9 Å². The van der Waals surface area contributed by atoms with Gasteiger partial charge in [-0.1, -0.05) is 12.1 Å². The van der Waals surface area contributed by atoms with Crippen molar-refractivity contribution in [3.63, 3.8) is 0 Å². The lowest BCUT2D eigenvalue weighted by molar-refractivity contribution is 0.410. The summed E-state index contributed by atoms with van der Waals surface area (Å²) in [4.78, 5) is 4.23. The van der Waals surface area contributed by atoms with Gasteiger partial charge in [-0.2, -0.15) is 0 Å². The van der Waals surface area contributed by atoms with Gasteiger partial charge in [0.2, 0.25) is 0 Å². The zero-order valence-corrected chi connectivity index (χ0v) is 10.9. The maximum Gasteiger partial charge on any atom is 0.131 e. The smallest absolute Gasteiger partial charge is 0.131 e. The van der Waals surface area contributed by atoms with Crippen LogP contribution in [-0.2, 0) is 13.0 Å². The van der Waals surface area contributed by atoms with Crippen LogP contribution in [0.2, 0.25) is 0 Å². The number of methoxy groups -OCH3 is 1. The number of nitrogens with zero attached hydrogens (tertiary/aromatic N) is 1. The third-order valence-corrected chi connectivity index (χ3v) is 2.86. The molecule has 0 amide bonds. The minimum atomic E-state index is -0.246. The highest BCUT2D eigenvalue weighted by molar-refractivity contribution is 5.28. The molecule has 19 heavy (non-hydrogen) atoms. The first-order chi connectivity index (χ1) is 9.29. The Morgan fingerprint density at radius 1 is 1.26 bits per heavy atom. The molecule has 0 spiro atoms. The standard InChI is InChI=1S/C15H17FN2O/c1-19-14-6-5-12(15(16)10-14)11-17-9-7-13-4-2-3-8-18-13/h2-6,8,10,17H,7,9,11H2,1H3. The molecule has 4 heteroatoms. The molecule has 1 N–H and O–H groups in total. The monoisotopic (exact) mass is 260 g/mol. The van der Waals surface area contributed by atoms with Crippen LogP contribution in [0.5, 0.6) is 5.75 Å². The number of pyridine rings is 1. The summed E-state index contributed by atoms with van der Waals surface area (Å²) in [5.74, 6) is 0.291. The van der Waals surface area contributed by atoms with E-state index in [1.54, 1.807) is 18.3 Å². The normalized spacial score (nSPS) is 10.4. The number of halogens is 1. The van der Waals surface area contributed by atoms with Crippen molar-refractivity contribution < 1.29 is 9.13 Å². The molecule has 1 aromatic carbocycles. The molecule has 0 fully saturated rings. The third kappa shape index (κ3) is 4.03. The van der Waals surface area contributed by atoms with Crippen molar-refractivity contribution in [2.75, 3.05) is 13.7 Å². The lowest BCUT2D eigenvalue weighted by atomic mass is 10.2. The SMILES string of the molecule is COc1ccc(CNCCc2ccccn2)c(F)c1. The van der Waals surface area contributed by atoms with Gasteiger partial charge < -0.3 is 10.1 Å². The van der Waals surface area contributed by atoms with Gasteiger partial charge in [0.15, 0.2) is 0 Å². The molecule has 0 aliphatic rings. The summed E-state index contributed by atoms with van der Waals surface area (Å²) in [6.07, 6.45) is 2.61. The number of ether oxygens (including phenoxy) is 1. The highest BCUT2D eigenvalue weighted by Gasteiger charge is 2.03. The van der Waals surface area contributed by atoms with Crippen molar-refractivity contribution in [3.8, 4) is 5.75 Å². The van der Waals surface area contributed by atoms with Gasteiger partial charge in [0.1, 0.15) is 11.6 Å². The van der Waals surface area contributed by atoms with E-state index in [-0.39, 0.29) is 5.82 Å². The van der Waals surface area contributed by atoms with Crippen LogP contribution in [0.4, 0.5) is 4.39 Å². The fourth-order valence-electron chi connectivity index (χ4n) is 1.78. The summed E-state index contributed by atoms with van der Waals surface area (Å²) >= 11 is 0. The van der Waals surface area contributed by atoms with E-state index >= 15 is 0 Å². The molecule has 0 atom stereocenters. The fraction of sp³-hybridized carbons (Fsp3) is 0.267. The van der Waals surface area contributed by atoms with Crippen molar-refractivity contribution in [2.45, 2.75) is 13.0 Å². The molecule has 0 aliphatic heterocycles. The maximum atomic E-state index is 13.7. The van der Waals surface area contributed by atoms with Gasteiger partial charge >= 0.3 is 0 Å². The highest BCUT2D eigenvalue weighted by atomic mass is 19.1. The van der Waals surface area contributed by atoms with Crippen molar-refractivity contribution in [1.29, 1.82) is 0 Å².